The zero-order chi connectivity index (χ0) is 29.3. The van der Waals surface area contributed by atoms with Crippen molar-refractivity contribution in [2.24, 2.45) is 33.7 Å². The molecule has 0 spiro atoms. The molecule has 0 fully saturated rings. The van der Waals surface area contributed by atoms with E-state index in [1.807, 2.05) is 0 Å². The van der Waals surface area contributed by atoms with Gasteiger partial charge in [-0.05, 0) is 44.1 Å². The third-order valence-corrected chi connectivity index (χ3v) is 5.80. The van der Waals surface area contributed by atoms with E-state index in [4.69, 9.17) is 28.7 Å². The van der Waals surface area contributed by atoms with E-state index in [1.165, 1.54) is 11.8 Å². The molecule has 38 heavy (non-hydrogen) atoms. The predicted octanol–water partition coefficient (Wildman–Crippen LogP) is -3.81. The molecule has 0 rings (SSSR count). The molecule has 0 aliphatic rings. The second kappa shape index (κ2) is 18.6. The summed E-state index contributed by atoms with van der Waals surface area (Å²) in [7, 11) is 0. The molecule has 5 amide bonds. The summed E-state index contributed by atoms with van der Waals surface area (Å²) < 4.78 is 0. The number of carboxylic acids is 1. The number of rotatable bonds is 20. The topological polar surface area (TPSA) is 301 Å². The number of nitrogens with two attached hydrogens (primary N) is 5. The van der Waals surface area contributed by atoms with Crippen LogP contribution < -0.4 is 44.6 Å². The summed E-state index contributed by atoms with van der Waals surface area (Å²) in [6, 6.07) is -4.85. The van der Waals surface area contributed by atoms with Gasteiger partial charge in [-0.25, -0.2) is 4.79 Å². The van der Waals surface area contributed by atoms with E-state index in [9.17, 15) is 33.9 Å². The van der Waals surface area contributed by atoms with Crippen molar-refractivity contribution in [3.05, 3.63) is 0 Å². The van der Waals surface area contributed by atoms with Gasteiger partial charge in [0.05, 0.1) is 6.04 Å². The molecular weight excluding hydrogens is 522 g/mol. The van der Waals surface area contributed by atoms with Crippen molar-refractivity contribution in [2.45, 2.75) is 69.1 Å². The number of aliphatic imine (C=N–C) groups is 1. The number of carboxylic acid groups (broad SMARTS) is 1. The van der Waals surface area contributed by atoms with Gasteiger partial charge < -0.3 is 49.7 Å². The Bertz CT molecular complexity index is 868. The van der Waals surface area contributed by atoms with Crippen molar-refractivity contribution in [3.8, 4) is 0 Å². The molecule has 0 bridgehead atoms. The van der Waals surface area contributed by atoms with Crippen molar-refractivity contribution in [1.82, 2.24) is 16.0 Å². The molecule has 0 aromatic rings. The van der Waals surface area contributed by atoms with Crippen LogP contribution in [0.3, 0.4) is 0 Å². The molecule has 0 saturated heterocycles. The van der Waals surface area contributed by atoms with Gasteiger partial charge in [-0.3, -0.25) is 29.0 Å². The Morgan fingerprint density at radius 2 is 1.24 bits per heavy atom. The van der Waals surface area contributed by atoms with Crippen molar-refractivity contribution >= 4 is 53.2 Å². The van der Waals surface area contributed by atoms with Crippen LogP contribution in [0, 0.1) is 0 Å². The Morgan fingerprint density at radius 1 is 0.763 bits per heavy atom. The first-order valence-electron chi connectivity index (χ1n) is 11.8. The minimum Gasteiger partial charge on any atom is -0.480 e. The quantitative estimate of drug-likeness (QED) is 0.0394. The van der Waals surface area contributed by atoms with E-state index in [0.29, 0.717) is 12.2 Å². The largest absolute Gasteiger partial charge is 0.480 e. The Morgan fingerprint density at radius 3 is 1.71 bits per heavy atom. The van der Waals surface area contributed by atoms with Crippen molar-refractivity contribution in [3.63, 3.8) is 0 Å². The highest BCUT2D eigenvalue weighted by Crippen LogP contribution is 2.07. The fourth-order valence-electron chi connectivity index (χ4n) is 3.08. The zero-order valence-corrected chi connectivity index (χ0v) is 22.1. The van der Waals surface area contributed by atoms with E-state index >= 15 is 0 Å². The number of nitrogens with zero attached hydrogens (tertiary/aromatic N) is 1. The van der Waals surface area contributed by atoms with Crippen LogP contribution in [0.2, 0.25) is 0 Å². The number of carbonyl (C=O) groups excluding carboxylic acids is 5. The number of thioether (sulfide) groups is 1. The number of amides is 5. The van der Waals surface area contributed by atoms with E-state index in [1.54, 1.807) is 6.26 Å². The summed E-state index contributed by atoms with van der Waals surface area (Å²) in [5.41, 5.74) is 26.6. The Kier molecular flexibility index (Phi) is 16.9. The normalized spacial score (nSPS) is 13.7. The smallest absolute Gasteiger partial charge is 0.326 e. The van der Waals surface area contributed by atoms with Gasteiger partial charge in [-0.2, -0.15) is 11.8 Å². The molecule has 16 nitrogen and oxygen atoms in total. The lowest BCUT2D eigenvalue weighted by Crippen LogP contribution is -2.57. The van der Waals surface area contributed by atoms with Crippen molar-refractivity contribution < 1.29 is 33.9 Å². The van der Waals surface area contributed by atoms with Gasteiger partial charge in [-0.15, -0.1) is 0 Å². The first-order chi connectivity index (χ1) is 17.8. The number of primary amides is 2. The molecule has 0 heterocycles. The lowest BCUT2D eigenvalue weighted by atomic mass is 10.1. The predicted molar refractivity (Wildman–Crippen MR) is 141 cm³/mol. The molecule has 17 heteroatoms. The summed E-state index contributed by atoms with van der Waals surface area (Å²) in [4.78, 5) is 76.0. The van der Waals surface area contributed by atoms with Gasteiger partial charge in [0.15, 0.2) is 5.96 Å². The minimum atomic E-state index is -1.47. The summed E-state index contributed by atoms with van der Waals surface area (Å²) in [6.07, 6.45) is 1.55. The Balaban J connectivity index is 5.47. The Hall–Kier alpha value is -3.60. The molecule has 0 radical (unpaired) electrons. The van der Waals surface area contributed by atoms with Crippen LogP contribution >= 0.6 is 11.8 Å². The standard InChI is InChI=1S/C21H39N9O7S/c1-38-10-8-13(28-17(33)11(22)3-2-9-27-21(25)26)19(35)29-12(4-6-15(23)31)18(34)30-14(20(36)37)5-7-16(24)32/h11-14H,2-10,22H2,1H3,(H2,23,31)(H2,24,32)(H,28,33)(H,29,35)(H,30,34)(H,36,37)(H4,25,26,27). The van der Waals surface area contributed by atoms with Crippen LogP contribution in [0.25, 0.3) is 0 Å². The number of hydrogen-bond donors (Lipinski definition) is 9. The summed E-state index contributed by atoms with van der Waals surface area (Å²) in [5.74, 6) is -4.80. The second-order valence-electron chi connectivity index (χ2n) is 8.37. The lowest BCUT2D eigenvalue weighted by Gasteiger charge is -2.25. The number of nitrogens with one attached hydrogen (secondary N) is 3. The van der Waals surface area contributed by atoms with Gasteiger partial charge in [0.2, 0.25) is 29.5 Å². The molecule has 216 valence electrons. The van der Waals surface area contributed by atoms with Crippen LogP contribution in [-0.4, -0.2) is 89.3 Å². The van der Waals surface area contributed by atoms with Gasteiger partial charge in [0.1, 0.15) is 18.1 Å². The highest BCUT2D eigenvalue weighted by molar-refractivity contribution is 7.98. The van der Waals surface area contributed by atoms with E-state index < -0.39 is 59.7 Å². The van der Waals surface area contributed by atoms with E-state index in [2.05, 4.69) is 20.9 Å². The molecule has 0 aliphatic carbocycles. The molecule has 4 unspecified atom stereocenters. The second-order valence-corrected chi connectivity index (χ2v) is 9.35. The van der Waals surface area contributed by atoms with Gasteiger partial charge in [0, 0.05) is 19.4 Å². The van der Waals surface area contributed by atoms with Crippen LogP contribution in [0.1, 0.15) is 44.9 Å². The number of hydrogen-bond acceptors (Lipinski definition) is 9. The average Bonchev–Trinajstić information content (AvgIpc) is 2.83. The lowest BCUT2D eigenvalue weighted by molar-refractivity contribution is -0.142. The van der Waals surface area contributed by atoms with E-state index in [0.717, 1.165) is 0 Å². The molecule has 0 aromatic heterocycles. The zero-order valence-electron chi connectivity index (χ0n) is 21.3. The number of aliphatic carboxylic acids is 1. The highest BCUT2D eigenvalue weighted by Gasteiger charge is 2.30. The first-order valence-corrected chi connectivity index (χ1v) is 13.2. The first kappa shape index (κ1) is 34.4. The molecule has 0 aromatic carbocycles. The maximum atomic E-state index is 13.0. The average molecular weight is 562 g/mol. The van der Waals surface area contributed by atoms with Crippen LogP contribution in [0.15, 0.2) is 4.99 Å². The van der Waals surface area contributed by atoms with Gasteiger partial charge in [-0.1, -0.05) is 0 Å². The number of guanidine groups is 1. The summed E-state index contributed by atoms with van der Waals surface area (Å²) in [6.45, 7) is 0.271. The molecule has 14 N–H and O–H groups in total. The molecular formula is C21H39N9O7S. The fraction of sp³-hybridized carbons (Fsp3) is 0.667. The SMILES string of the molecule is CSCCC(NC(=O)C(N)CCCN=C(N)N)C(=O)NC(CCC(N)=O)C(=O)NC(CCC(N)=O)C(=O)O. The fourth-order valence-corrected chi connectivity index (χ4v) is 3.55. The van der Waals surface area contributed by atoms with Crippen molar-refractivity contribution in [1.29, 1.82) is 0 Å². The summed E-state index contributed by atoms with van der Waals surface area (Å²) in [5, 5.41) is 16.6. The van der Waals surface area contributed by atoms with Gasteiger partial charge >= 0.3 is 5.97 Å². The van der Waals surface area contributed by atoms with Crippen molar-refractivity contribution in [2.75, 3.05) is 18.6 Å². The van der Waals surface area contributed by atoms with Crippen LogP contribution in [0.5, 0.6) is 0 Å². The Labute approximate surface area is 224 Å². The van der Waals surface area contributed by atoms with E-state index in [-0.39, 0.29) is 51.0 Å². The van der Waals surface area contributed by atoms with Crippen LogP contribution in [-0.2, 0) is 28.8 Å². The maximum absolute atomic E-state index is 13.0. The third-order valence-electron chi connectivity index (χ3n) is 5.15. The number of carbonyl (C=O) groups is 6. The van der Waals surface area contributed by atoms with Crippen LogP contribution in [0.4, 0.5) is 0 Å². The highest BCUT2D eigenvalue weighted by atomic mass is 32.2. The molecule has 0 aliphatic heterocycles. The molecule has 4 atom stereocenters. The minimum absolute atomic E-state index is 0.0886. The molecule has 0 saturated carbocycles. The van der Waals surface area contributed by atoms with Gasteiger partial charge in [0.25, 0.3) is 0 Å². The third kappa shape index (κ3) is 15.5. The maximum Gasteiger partial charge on any atom is 0.326 e. The monoisotopic (exact) mass is 561 g/mol. The summed E-state index contributed by atoms with van der Waals surface area (Å²) >= 11 is 1.42.